The maximum atomic E-state index is 13.6. The van der Waals surface area contributed by atoms with Gasteiger partial charge < -0.3 is 5.73 Å². The molecule has 0 spiro atoms. The van der Waals surface area contributed by atoms with Crippen LogP contribution in [0, 0.1) is 16.7 Å². The summed E-state index contributed by atoms with van der Waals surface area (Å²) in [4.78, 5) is 15.6. The molecule has 5 rings (SSSR count). The molecule has 2 aliphatic heterocycles. The van der Waals surface area contributed by atoms with Gasteiger partial charge in [-0.25, -0.2) is 8.42 Å². The number of nitrogens with zero attached hydrogens (tertiary/aromatic N) is 3. The fourth-order valence-corrected chi connectivity index (χ4v) is 7.46. The van der Waals surface area contributed by atoms with E-state index in [4.69, 9.17) is 17.3 Å². The molecule has 0 radical (unpaired) electrons. The molecule has 198 valence electrons. The number of anilines is 1. The summed E-state index contributed by atoms with van der Waals surface area (Å²) in [7, 11) is -3.60. The average Bonchev–Trinajstić information content (AvgIpc) is 2.88. The molecule has 0 bridgehead atoms. The monoisotopic (exact) mass is 550 g/mol. The van der Waals surface area contributed by atoms with Gasteiger partial charge in [0.1, 0.15) is 5.82 Å². The lowest BCUT2D eigenvalue weighted by atomic mass is 9.68. The fraction of sp³-hybridized carbons (Fsp3) is 0.379. The largest absolute Gasteiger partial charge is 0.384 e. The number of ketones is 1. The van der Waals surface area contributed by atoms with Gasteiger partial charge in [0.15, 0.2) is 5.78 Å². The second kappa shape index (κ2) is 9.88. The zero-order valence-corrected chi connectivity index (χ0v) is 23.1. The predicted molar refractivity (Wildman–Crippen MR) is 148 cm³/mol. The van der Waals surface area contributed by atoms with Gasteiger partial charge in [-0.2, -0.15) is 9.57 Å². The van der Waals surface area contributed by atoms with Gasteiger partial charge in [0.2, 0.25) is 10.0 Å². The standard InChI is InChI=1S/C29H31ClN4O3S/c1-29(2)16-24-27(25(35)17-29)26(19-6-8-20(30)9-7-19)23(18-31)28(32)34(24)21-10-12-22(13-11-21)38(36,37)33-14-4-3-5-15-33/h6-13,26H,3-5,14-17,32H2,1-2H3. The second-order valence-corrected chi connectivity index (χ2v) is 13.4. The quantitative estimate of drug-likeness (QED) is 0.542. The van der Waals surface area contributed by atoms with E-state index >= 15 is 0 Å². The molecule has 9 heteroatoms. The first-order valence-corrected chi connectivity index (χ1v) is 14.7. The van der Waals surface area contributed by atoms with Crippen molar-refractivity contribution in [3.63, 3.8) is 0 Å². The number of hydrogen-bond donors (Lipinski definition) is 1. The Hall–Kier alpha value is -3.12. The van der Waals surface area contributed by atoms with Gasteiger partial charge in [0, 0.05) is 41.5 Å². The first-order valence-electron chi connectivity index (χ1n) is 12.9. The van der Waals surface area contributed by atoms with Crippen LogP contribution in [0.5, 0.6) is 0 Å². The summed E-state index contributed by atoms with van der Waals surface area (Å²) in [5, 5.41) is 10.8. The second-order valence-electron chi connectivity index (χ2n) is 11.0. The number of rotatable bonds is 4. The van der Waals surface area contributed by atoms with Crippen LogP contribution in [0.1, 0.15) is 57.4 Å². The van der Waals surface area contributed by atoms with E-state index in [9.17, 15) is 18.5 Å². The molecule has 1 fully saturated rings. The van der Waals surface area contributed by atoms with Crippen LogP contribution in [0.15, 0.2) is 76.1 Å². The lowest BCUT2D eigenvalue weighted by molar-refractivity contribution is -0.118. The van der Waals surface area contributed by atoms with Crippen molar-refractivity contribution in [3.8, 4) is 6.07 Å². The SMILES string of the molecule is CC1(C)CC(=O)C2=C(C1)N(c1ccc(S(=O)(=O)N3CCCCC3)cc1)C(N)=C(C#N)C2c1ccc(Cl)cc1. The highest BCUT2D eigenvalue weighted by Gasteiger charge is 2.44. The molecule has 1 unspecified atom stereocenters. The number of sulfonamides is 1. The van der Waals surface area contributed by atoms with E-state index in [-0.39, 0.29) is 27.5 Å². The normalized spacial score (nSPS) is 22.3. The Morgan fingerprint density at radius 2 is 1.63 bits per heavy atom. The van der Waals surface area contributed by atoms with Crippen molar-refractivity contribution >= 4 is 33.1 Å². The number of nitrogens with two attached hydrogens (primary N) is 1. The van der Waals surface area contributed by atoms with Gasteiger partial charge >= 0.3 is 0 Å². The van der Waals surface area contributed by atoms with E-state index in [1.54, 1.807) is 41.3 Å². The number of piperidine rings is 1. The number of carbonyl (C=O) groups excluding carboxylic acids is 1. The Kier molecular flexibility index (Phi) is 6.89. The Bertz CT molecular complexity index is 1480. The van der Waals surface area contributed by atoms with Gasteiger partial charge in [-0.1, -0.05) is 44.0 Å². The summed E-state index contributed by atoms with van der Waals surface area (Å²) in [6.45, 7) is 5.13. The van der Waals surface area contributed by atoms with Crippen LogP contribution >= 0.6 is 11.6 Å². The Morgan fingerprint density at radius 3 is 2.24 bits per heavy atom. The molecule has 2 aromatic carbocycles. The van der Waals surface area contributed by atoms with Crippen molar-refractivity contribution in [2.45, 2.75) is 56.8 Å². The molecular formula is C29H31ClN4O3S. The molecule has 1 aliphatic carbocycles. The third-order valence-electron chi connectivity index (χ3n) is 7.63. The first kappa shape index (κ1) is 26.5. The molecule has 0 aromatic heterocycles. The molecule has 0 amide bonds. The lowest BCUT2D eigenvalue weighted by Crippen LogP contribution is -2.42. The van der Waals surface area contributed by atoms with Gasteiger partial charge in [0.25, 0.3) is 0 Å². The maximum absolute atomic E-state index is 13.6. The summed E-state index contributed by atoms with van der Waals surface area (Å²) in [5.41, 5.74) is 9.36. The molecule has 2 heterocycles. The minimum atomic E-state index is -3.60. The van der Waals surface area contributed by atoms with Crippen molar-refractivity contribution in [1.29, 1.82) is 5.26 Å². The smallest absolute Gasteiger partial charge is 0.243 e. The number of allylic oxidation sites excluding steroid dienone is 3. The zero-order valence-electron chi connectivity index (χ0n) is 21.6. The van der Waals surface area contributed by atoms with Crippen LogP contribution in [0.4, 0.5) is 5.69 Å². The molecular weight excluding hydrogens is 520 g/mol. The van der Waals surface area contributed by atoms with Gasteiger partial charge in [0.05, 0.1) is 22.5 Å². The number of hydrogen-bond acceptors (Lipinski definition) is 6. The van der Waals surface area contributed by atoms with E-state index in [2.05, 4.69) is 6.07 Å². The Morgan fingerprint density at radius 1 is 1.00 bits per heavy atom. The van der Waals surface area contributed by atoms with E-state index in [0.717, 1.165) is 30.5 Å². The zero-order chi connectivity index (χ0) is 27.2. The van der Waals surface area contributed by atoms with Crippen molar-refractivity contribution in [1.82, 2.24) is 4.31 Å². The van der Waals surface area contributed by atoms with Gasteiger partial charge in [-0.15, -0.1) is 0 Å². The molecule has 1 atom stereocenters. The third-order valence-corrected chi connectivity index (χ3v) is 9.80. The van der Waals surface area contributed by atoms with Crippen LogP contribution in [-0.4, -0.2) is 31.6 Å². The summed E-state index contributed by atoms with van der Waals surface area (Å²) in [6.07, 6.45) is 3.69. The van der Waals surface area contributed by atoms with E-state index in [1.165, 1.54) is 4.31 Å². The van der Waals surface area contributed by atoms with Gasteiger partial charge in [-0.3, -0.25) is 9.69 Å². The van der Waals surface area contributed by atoms with Crippen molar-refractivity contribution in [2.24, 2.45) is 11.1 Å². The summed E-state index contributed by atoms with van der Waals surface area (Å²) >= 11 is 6.12. The molecule has 0 saturated carbocycles. The molecule has 3 aliphatic rings. The highest BCUT2D eigenvalue weighted by atomic mass is 35.5. The third kappa shape index (κ3) is 4.64. The number of carbonyl (C=O) groups is 1. The summed E-state index contributed by atoms with van der Waals surface area (Å²) in [5.74, 6) is -0.375. The predicted octanol–water partition coefficient (Wildman–Crippen LogP) is 5.46. The highest BCUT2D eigenvalue weighted by molar-refractivity contribution is 7.89. The van der Waals surface area contributed by atoms with Crippen LogP contribution in [-0.2, 0) is 14.8 Å². The molecule has 38 heavy (non-hydrogen) atoms. The van der Waals surface area contributed by atoms with E-state index < -0.39 is 15.9 Å². The average molecular weight is 551 g/mol. The molecule has 2 N–H and O–H groups in total. The fourth-order valence-electron chi connectivity index (χ4n) is 5.81. The molecule has 2 aromatic rings. The maximum Gasteiger partial charge on any atom is 0.243 e. The van der Waals surface area contributed by atoms with E-state index in [0.29, 0.717) is 42.2 Å². The van der Waals surface area contributed by atoms with Gasteiger partial charge in [-0.05, 0) is 66.6 Å². The minimum absolute atomic E-state index is 0.0225. The van der Waals surface area contributed by atoms with E-state index in [1.807, 2.05) is 26.0 Å². The number of benzene rings is 2. The highest BCUT2D eigenvalue weighted by Crippen LogP contribution is 2.50. The van der Waals surface area contributed by atoms with Crippen LogP contribution in [0.3, 0.4) is 0 Å². The summed E-state index contributed by atoms with van der Waals surface area (Å²) in [6, 6.07) is 16.0. The van der Waals surface area contributed by atoms with Crippen LogP contribution < -0.4 is 10.6 Å². The topological polar surface area (TPSA) is 108 Å². The van der Waals surface area contributed by atoms with Crippen molar-refractivity contribution < 1.29 is 13.2 Å². The Labute approximate surface area is 229 Å². The summed E-state index contributed by atoms with van der Waals surface area (Å²) < 4.78 is 27.9. The minimum Gasteiger partial charge on any atom is -0.384 e. The number of Topliss-reactive ketones (excluding diaryl/α,β-unsaturated/α-hetero) is 1. The molecule has 7 nitrogen and oxygen atoms in total. The number of halogens is 1. The van der Waals surface area contributed by atoms with Crippen molar-refractivity contribution in [3.05, 3.63) is 81.8 Å². The molecule has 1 saturated heterocycles. The van der Waals surface area contributed by atoms with Crippen LogP contribution in [0.25, 0.3) is 0 Å². The lowest BCUT2D eigenvalue weighted by Gasteiger charge is -2.43. The first-order chi connectivity index (χ1) is 18.0. The van der Waals surface area contributed by atoms with Crippen molar-refractivity contribution in [2.75, 3.05) is 18.0 Å². The Balaban J connectivity index is 1.62. The van der Waals surface area contributed by atoms with Crippen LogP contribution in [0.2, 0.25) is 5.02 Å². The number of nitriles is 1.